The fourth-order valence-corrected chi connectivity index (χ4v) is 6.45. The molecule has 1 N–H and O–H groups in total. The normalized spacial score (nSPS) is 11.7. The van der Waals surface area contributed by atoms with Gasteiger partial charge in [0.15, 0.2) is 0 Å². The molecule has 0 heterocycles. The third-order valence-corrected chi connectivity index (χ3v) is 9.08. The molecule has 0 fully saturated rings. The van der Waals surface area contributed by atoms with Crippen LogP contribution in [0.2, 0.25) is 0 Å². The topological polar surface area (TPSA) is 86.7 Å². The summed E-state index contributed by atoms with van der Waals surface area (Å²) in [4.78, 5) is 0.841. The molecule has 3 aromatic carbocycles. The van der Waals surface area contributed by atoms with Gasteiger partial charge in [0.1, 0.15) is 22.0 Å². The molecule has 226 valence electrons. The molecule has 0 bridgehead atoms. The molecule has 0 saturated carbocycles. The van der Waals surface area contributed by atoms with Crippen LogP contribution < -0.4 is 34.3 Å². The smallest absolute Gasteiger partial charge is 0.744 e. The summed E-state index contributed by atoms with van der Waals surface area (Å²) in [5, 5.41) is 10.9. The molecule has 0 aliphatic carbocycles. The molecule has 3 aromatic rings. The zero-order chi connectivity index (χ0) is 30.2. The van der Waals surface area contributed by atoms with E-state index < -0.39 is 16.2 Å². The number of aliphatic hydroxyl groups is 1. The average molecular weight is 631 g/mol. The summed E-state index contributed by atoms with van der Waals surface area (Å²) >= 11 is 1.21. The van der Waals surface area contributed by atoms with Gasteiger partial charge in [-0.1, -0.05) is 113 Å². The number of hydrogen-bond acceptors (Lipinski definition) is 6. The zero-order valence-corrected chi connectivity index (χ0v) is 29.4. The molecule has 1 atom stereocenters. The van der Waals surface area contributed by atoms with Gasteiger partial charge >= 0.3 is 29.6 Å². The molecule has 0 saturated heterocycles. The Hall–Kier alpha value is -1.76. The minimum atomic E-state index is -4.76. The Morgan fingerprint density at radius 1 is 0.860 bits per heavy atom. The molecule has 0 spiro atoms. The maximum absolute atomic E-state index is 12.3. The van der Waals surface area contributed by atoms with Crippen LogP contribution in [0.5, 0.6) is 5.75 Å². The van der Waals surface area contributed by atoms with Crippen LogP contribution in [0.15, 0.2) is 81.4 Å². The first kappa shape index (κ1) is 37.4. The van der Waals surface area contributed by atoms with Gasteiger partial charge in [-0.05, 0) is 60.4 Å². The van der Waals surface area contributed by atoms with Crippen molar-refractivity contribution in [2.75, 3.05) is 6.61 Å². The zero-order valence-electron chi connectivity index (χ0n) is 25.8. The van der Waals surface area contributed by atoms with E-state index in [1.54, 1.807) is 24.3 Å². The Kier molecular flexibility index (Phi) is 17.7. The monoisotopic (exact) mass is 630 g/mol. The number of aliphatic hydroxyl groups excluding tert-OH is 1. The van der Waals surface area contributed by atoms with Gasteiger partial charge in [-0.3, -0.25) is 0 Å². The van der Waals surface area contributed by atoms with Crippen LogP contribution in [0.1, 0.15) is 96.1 Å². The summed E-state index contributed by atoms with van der Waals surface area (Å²) in [6, 6.07) is 19.4. The first-order valence-electron chi connectivity index (χ1n) is 15.1. The van der Waals surface area contributed by atoms with Crippen LogP contribution in [0.4, 0.5) is 0 Å². The molecule has 5 nitrogen and oxygen atoms in total. The van der Waals surface area contributed by atoms with E-state index >= 15 is 0 Å². The van der Waals surface area contributed by atoms with Crippen LogP contribution in [0.3, 0.4) is 0 Å². The first-order chi connectivity index (χ1) is 20.3. The molecular weight excluding hydrogens is 588 g/mol. The van der Waals surface area contributed by atoms with Crippen molar-refractivity contribution in [1.29, 1.82) is 0 Å². The summed E-state index contributed by atoms with van der Waals surface area (Å²) < 4.78 is 42.6. The van der Waals surface area contributed by atoms with Gasteiger partial charge in [0, 0.05) is 21.8 Å². The first-order valence-corrected chi connectivity index (χ1v) is 17.3. The van der Waals surface area contributed by atoms with Gasteiger partial charge < -0.3 is 14.4 Å². The van der Waals surface area contributed by atoms with Gasteiger partial charge in [-0.2, -0.15) is 0 Å². The van der Waals surface area contributed by atoms with E-state index in [-0.39, 0.29) is 34.5 Å². The van der Waals surface area contributed by atoms with Crippen molar-refractivity contribution in [1.82, 2.24) is 0 Å². The fraction of sp³-hybridized carbons (Fsp3) is 0.429. The molecule has 43 heavy (non-hydrogen) atoms. The number of unbranched alkanes of at least 4 members (excludes halogenated alkanes) is 9. The Morgan fingerprint density at radius 2 is 1.51 bits per heavy atom. The Balaban J connectivity index is 0.00000645. The molecule has 0 aliphatic rings. The standard InChI is InChI=1S/C35H44O5S2.Na/c1-3-5-7-8-9-10-11-12-13-14-19-33(36)32-18-16-15-17-31(32)28-20-25-34(35(27-28)42(37,38)39)41-30-23-21-29(22-24-30)40-26-6-4-2;/h15-18,20-25,27,33,36H,3-13,26H2,1-2H3,(H,37,38,39);/q;+1/p-1. The number of rotatable bonds is 17. The Bertz CT molecular complexity index is 1410. The van der Waals surface area contributed by atoms with Gasteiger partial charge in [-0.15, -0.1) is 5.92 Å². The Morgan fingerprint density at radius 3 is 2.19 bits per heavy atom. The van der Waals surface area contributed by atoms with Crippen LogP contribution in [0.25, 0.3) is 11.1 Å². The van der Waals surface area contributed by atoms with E-state index in [0.29, 0.717) is 28.2 Å². The second kappa shape index (κ2) is 20.3. The van der Waals surface area contributed by atoms with E-state index in [0.717, 1.165) is 42.7 Å². The molecule has 8 heteroatoms. The third-order valence-electron chi connectivity index (χ3n) is 6.99. The summed E-state index contributed by atoms with van der Waals surface area (Å²) in [5.74, 6) is 6.80. The van der Waals surface area contributed by atoms with Crippen molar-refractivity contribution < 1.29 is 52.4 Å². The predicted molar refractivity (Wildman–Crippen MR) is 171 cm³/mol. The van der Waals surface area contributed by atoms with E-state index in [1.165, 1.54) is 56.4 Å². The van der Waals surface area contributed by atoms with Crippen LogP contribution >= 0.6 is 11.8 Å². The van der Waals surface area contributed by atoms with Crippen molar-refractivity contribution >= 4 is 21.9 Å². The Labute approximate surface area is 285 Å². The summed E-state index contributed by atoms with van der Waals surface area (Å²) in [5.41, 5.74) is 1.75. The van der Waals surface area contributed by atoms with Crippen molar-refractivity contribution in [3.05, 3.63) is 72.3 Å². The third kappa shape index (κ3) is 13.0. The van der Waals surface area contributed by atoms with E-state index in [2.05, 4.69) is 25.7 Å². The maximum Gasteiger partial charge on any atom is 1.00 e. The maximum atomic E-state index is 12.3. The molecule has 1 unspecified atom stereocenters. The van der Waals surface area contributed by atoms with Gasteiger partial charge in [0.05, 0.1) is 11.5 Å². The number of ether oxygens (including phenoxy) is 1. The summed E-state index contributed by atoms with van der Waals surface area (Å²) in [6.45, 7) is 4.97. The largest absolute Gasteiger partial charge is 1.00 e. The van der Waals surface area contributed by atoms with Gasteiger partial charge in [0.2, 0.25) is 0 Å². The van der Waals surface area contributed by atoms with Crippen molar-refractivity contribution in [2.24, 2.45) is 0 Å². The van der Waals surface area contributed by atoms with E-state index in [1.807, 2.05) is 36.4 Å². The minimum Gasteiger partial charge on any atom is -0.744 e. The predicted octanol–water partition coefficient (Wildman–Crippen LogP) is 6.16. The number of hydrogen-bond donors (Lipinski definition) is 1. The van der Waals surface area contributed by atoms with Crippen molar-refractivity contribution in [2.45, 2.75) is 105 Å². The fourth-order valence-electron chi connectivity index (χ4n) is 4.61. The molecule has 0 amide bonds. The van der Waals surface area contributed by atoms with Crippen LogP contribution in [-0.4, -0.2) is 24.7 Å². The van der Waals surface area contributed by atoms with E-state index in [4.69, 9.17) is 4.74 Å². The number of benzene rings is 3. The molecule has 3 rings (SSSR count). The minimum absolute atomic E-state index is 0. The SMILES string of the molecule is CCCCCCCCCCC#CC(O)c1ccccc1-c1ccc(Sc2ccc(OCCCC)cc2)c(S(=O)(=O)[O-])c1.[Na+]. The molecule has 0 aliphatic heterocycles. The van der Waals surface area contributed by atoms with Crippen LogP contribution in [-0.2, 0) is 10.1 Å². The van der Waals surface area contributed by atoms with Gasteiger partial charge in [-0.25, -0.2) is 8.42 Å². The van der Waals surface area contributed by atoms with Crippen LogP contribution in [0, 0.1) is 11.8 Å². The summed E-state index contributed by atoms with van der Waals surface area (Å²) in [6.07, 6.45) is 11.5. The second-order valence-corrected chi connectivity index (χ2v) is 12.9. The van der Waals surface area contributed by atoms with Crippen molar-refractivity contribution in [3.8, 4) is 28.7 Å². The molecular formula is C35H43NaO5S2. The average Bonchev–Trinajstić information content (AvgIpc) is 2.98. The van der Waals surface area contributed by atoms with E-state index in [9.17, 15) is 18.1 Å². The van der Waals surface area contributed by atoms with Crippen molar-refractivity contribution in [3.63, 3.8) is 0 Å². The quantitative estimate of drug-likeness (QED) is 0.0833. The van der Waals surface area contributed by atoms with Gasteiger partial charge in [0.25, 0.3) is 0 Å². The molecule has 0 aromatic heterocycles. The second-order valence-electron chi connectivity index (χ2n) is 10.4. The molecule has 0 radical (unpaired) electrons. The summed E-state index contributed by atoms with van der Waals surface area (Å²) in [7, 11) is -4.76.